The standard InChI is InChI=1S/C9H10BrNOS/c10-7-2-1-3-9(4-7)13-11-5-8(12)6-11/h1-4,8,12H,5-6H2. The SMILES string of the molecule is OC1CN(Sc2cccc(Br)c2)C1. The number of β-amino-alcohol motifs (C(OH)–C–C–N with tert-alkyl or cyclic N) is 1. The number of benzene rings is 1. The van der Waals surface area contributed by atoms with Crippen molar-refractivity contribution in [2.45, 2.75) is 11.0 Å². The third-order valence-electron chi connectivity index (χ3n) is 1.86. The van der Waals surface area contributed by atoms with Crippen LogP contribution in [0.5, 0.6) is 0 Å². The van der Waals surface area contributed by atoms with E-state index >= 15 is 0 Å². The molecular weight excluding hydrogens is 250 g/mol. The van der Waals surface area contributed by atoms with E-state index in [1.165, 1.54) is 4.90 Å². The van der Waals surface area contributed by atoms with E-state index in [0.29, 0.717) is 0 Å². The molecule has 1 aliphatic heterocycles. The van der Waals surface area contributed by atoms with Crippen molar-refractivity contribution >= 4 is 27.9 Å². The van der Waals surface area contributed by atoms with Gasteiger partial charge in [0.2, 0.25) is 0 Å². The highest BCUT2D eigenvalue weighted by Gasteiger charge is 2.24. The zero-order valence-electron chi connectivity index (χ0n) is 6.98. The van der Waals surface area contributed by atoms with Gasteiger partial charge in [0.05, 0.1) is 6.10 Å². The summed E-state index contributed by atoms with van der Waals surface area (Å²) in [6, 6.07) is 8.17. The van der Waals surface area contributed by atoms with Gasteiger partial charge in [-0.2, -0.15) is 0 Å². The summed E-state index contributed by atoms with van der Waals surface area (Å²) in [6.07, 6.45) is -0.125. The summed E-state index contributed by atoms with van der Waals surface area (Å²) in [7, 11) is 0. The molecule has 13 heavy (non-hydrogen) atoms. The van der Waals surface area contributed by atoms with Gasteiger partial charge in [0.15, 0.2) is 0 Å². The van der Waals surface area contributed by atoms with Crippen LogP contribution in [0.4, 0.5) is 0 Å². The van der Waals surface area contributed by atoms with Crippen LogP contribution in [0.2, 0.25) is 0 Å². The number of aliphatic hydroxyl groups is 1. The Balaban J connectivity index is 1.94. The normalized spacial score (nSPS) is 18.6. The van der Waals surface area contributed by atoms with E-state index in [1.807, 2.05) is 12.1 Å². The largest absolute Gasteiger partial charge is 0.390 e. The lowest BCUT2D eigenvalue weighted by molar-refractivity contribution is 0.0616. The van der Waals surface area contributed by atoms with Crippen molar-refractivity contribution in [2.75, 3.05) is 13.1 Å². The second kappa shape index (κ2) is 4.00. The molecule has 2 rings (SSSR count). The molecule has 0 aliphatic carbocycles. The van der Waals surface area contributed by atoms with Gasteiger partial charge >= 0.3 is 0 Å². The molecule has 0 unspecified atom stereocenters. The average molecular weight is 260 g/mol. The molecule has 0 amide bonds. The van der Waals surface area contributed by atoms with Gasteiger partial charge in [-0.1, -0.05) is 22.0 Å². The Bertz CT molecular complexity index is 301. The highest BCUT2D eigenvalue weighted by Crippen LogP contribution is 2.28. The summed E-state index contributed by atoms with van der Waals surface area (Å²) in [4.78, 5) is 1.21. The first-order chi connectivity index (χ1) is 6.24. The predicted molar refractivity (Wildman–Crippen MR) is 57.6 cm³/mol. The lowest BCUT2D eigenvalue weighted by atomic mass is 10.2. The number of nitrogens with zero attached hydrogens (tertiary/aromatic N) is 1. The van der Waals surface area contributed by atoms with E-state index in [1.54, 1.807) is 11.9 Å². The molecule has 1 N–H and O–H groups in total. The van der Waals surface area contributed by atoms with E-state index in [-0.39, 0.29) is 6.10 Å². The number of aliphatic hydroxyl groups excluding tert-OH is 1. The van der Waals surface area contributed by atoms with E-state index in [4.69, 9.17) is 5.11 Å². The van der Waals surface area contributed by atoms with Gasteiger partial charge in [-0.3, -0.25) is 0 Å². The van der Waals surface area contributed by atoms with Crippen LogP contribution in [-0.2, 0) is 0 Å². The van der Waals surface area contributed by atoms with Crippen LogP contribution in [-0.4, -0.2) is 28.6 Å². The van der Waals surface area contributed by atoms with Gasteiger partial charge < -0.3 is 5.11 Å². The molecule has 1 heterocycles. The Labute approximate surface area is 90.2 Å². The van der Waals surface area contributed by atoms with Crippen molar-refractivity contribution in [3.8, 4) is 0 Å². The highest BCUT2D eigenvalue weighted by molar-refractivity contribution is 9.10. The van der Waals surface area contributed by atoms with Crippen LogP contribution in [0.15, 0.2) is 33.6 Å². The molecule has 1 aliphatic rings. The number of hydrogen-bond acceptors (Lipinski definition) is 3. The van der Waals surface area contributed by atoms with Crippen LogP contribution in [0, 0.1) is 0 Å². The number of rotatable bonds is 2. The molecule has 70 valence electrons. The summed E-state index contributed by atoms with van der Waals surface area (Å²) in [6.45, 7) is 1.55. The fraction of sp³-hybridized carbons (Fsp3) is 0.333. The minimum atomic E-state index is -0.125. The van der Waals surface area contributed by atoms with Crippen molar-refractivity contribution in [2.24, 2.45) is 0 Å². The topological polar surface area (TPSA) is 23.5 Å². The van der Waals surface area contributed by atoms with E-state index < -0.39 is 0 Å². The zero-order chi connectivity index (χ0) is 9.26. The minimum Gasteiger partial charge on any atom is -0.390 e. The van der Waals surface area contributed by atoms with Crippen molar-refractivity contribution in [3.05, 3.63) is 28.7 Å². The van der Waals surface area contributed by atoms with Gasteiger partial charge in [0.25, 0.3) is 0 Å². The maximum Gasteiger partial charge on any atom is 0.0812 e. The molecule has 0 bridgehead atoms. The molecule has 0 spiro atoms. The van der Waals surface area contributed by atoms with Gasteiger partial charge in [0.1, 0.15) is 0 Å². The first-order valence-electron chi connectivity index (χ1n) is 4.10. The lowest BCUT2D eigenvalue weighted by Gasteiger charge is -2.34. The fourth-order valence-electron chi connectivity index (χ4n) is 1.16. The maximum absolute atomic E-state index is 9.09. The Hall–Kier alpha value is -0.0300. The van der Waals surface area contributed by atoms with Crippen molar-refractivity contribution < 1.29 is 5.11 Å². The zero-order valence-corrected chi connectivity index (χ0v) is 9.38. The fourth-order valence-corrected chi connectivity index (χ4v) is 2.83. The molecule has 1 fully saturated rings. The van der Waals surface area contributed by atoms with Crippen molar-refractivity contribution in [3.63, 3.8) is 0 Å². The van der Waals surface area contributed by atoms with Crippen molar-refractivity contribution in [1.82, 2.24) is 4.31 Å². The first kappa shape index (κ1) is 9.52. The quantitative estimate of drug-likeness (QED) is 0.824. The minimum absolute atomic E-state index is 0.125. The van der Waals surface area contributed by atoms with E-state index in [9.17, 15) is 0 Å². The van der Waals surface area contributed by atoms with Gasteiger partial charge in [0, 0.05) is 22.5 Å². The van der Waals surface area contributed by atoms with Crippen molar-refractivity contribution in [1.29, 1.82) is 0 Å². The predicted octanol–water partition coefficient (Wildman–Crippen LogP) is 2.13. The smallest absolute Gasteiger partial charge is 0.0812 e. The second-order valence-corrected chi connectivity index (χ2v) is 5.14. The summed E-state index contributed by atoms with van der Waals surface area (Å²) in [5, 5.41) is 9.09. The highest BCUT2D eigenvalue weighted by atomic mass is 79.9. The van der Waals surface area contributed by atoms with Crippen LogP contribution >= 0.6 is 27.9 Å². The van der Waals surface area contributed by atoms with Crippen LogP contribution in [0.25, 0.3) is 0 Å². The lowest BCUT2D eigenvalue weighted by Crippen LogP contribution is -2.46. The first-order valence-corrected chi connectivity index (χ1v) is 5.67. The molecule has 0 atom stereocenters. The van der Waals surface area contributed by atoms with E-state index in [0.717, 1.165) is 17.6 Å². The second-order valence-electron chi connectivity index (χ2n) is 3.05. The van der Waals surface area contributed by atoms with Crippen LogP contribution < -0.4 is 0 Å². The third-order valence-corrected chi connectivity index (χ3v) is 3.37. The Morgan fingerprint density at radius 2 is 2.23 bits per heavy atom. The summed E-state index contributed by atoms with van der Waals surface area (Å²) in [5.41, 5.74) is 0. The molecule has 0 aromatic heterocycles. The van der Waals surface area contributed by atoms with Crippen LogP contribution in [0.3, 0.4) is 0 Å². The van der Waals surface area contributed by atoms with Gasteiger partial charge in [-0.05, 0) is 30.1 Å². The van der Waals surface area contributed by atoms with E-state index in [2.05, 4.69) is 32.4 Å². The van der Waals surface area contributed by atoms with Gasteiger partial charge in [-0.25, -0.2) is 4.31 Å². The molecule has 2 nitrogen and oxygen atoms in total. The Morgan fingerprint density at radius 3 is 2.85 bits per heavy atom. The average Bonchev–Trinajstić information content (AvgIpc) is 2.01. The monoisotopic (exact) mass is 259 g/mol. The molecule has 1 aromatic rings. The molecule has 0 saturated carbocycles. The summed E-state index contributed by atoms with van der Waals surface area (Å²) < 4.78 is 3.24. The molecule has 4 heteroatoms. The molecular formula is C9H10BrNOS. The summed E-state index contributed by atoms with van der Waals surface area (Å²) in [5.74, 6) is 0. The molecule has 1 saturated heterocycles. The maximum atomic E-state index is 9.09. The van der Waals surface area contributed by atoms with Gasteiger partial charge in [-0.15, -0.1) is 0 Å². The number of hydrogen-bond donors (Lipinski definition) is 1. The Morgan fingerprint density at radius 1 is 1.46 bits per heavy atom. The summed E-state index contributed by atoms with van der Waals surface area (Å²) >= 11 is 5.11. The number of halogens is 1. The molecule has 1 aromatic carbocycles. The molecule has 0 radical (unpaired) electrons. The third kappa shape index (κ3) is 2.47. The Kier molecular flexibility index (Phi) is 2.93. The van der Waals surface area contributed by atoms with Crippen LogP contribution in [0.1, 0.15) is 0 Å².